The maximum Gasteiger partial charge on any atom is 0.394 e. The molecule has 0 bridgehead atoms. The minimum absolute atomic E-state index is 0.0398. The Morgan fingerprint density at radius 2 is 2.00 bits per heavy atom. The average molecular weight is 343 g/mol. The number of carbonyl (C=O) groups is 2. The standard InChI is InChI=1S/C13H12F3N5O3/c14-13(15,16)8-6-20(5-7(8)10(22)23)12(24)17-11-19-18-9-3-1-2-4-21(9)11/h1-4,7-8H,5-6H2,(H,22,23)(H,17,19,24)/t7-,8-/m1/s1. The number of carboxylic acids is 1. The summed E-state index contributed by atoms with van der Waals surface area (Å²) in [5.74, 6) is -5.33. The van der Waals surface area contributed by atoms with Gasteiger partial charge in [-0.05, 0) is 12.1 Å². The van der Waals surface area contributed by atoms with Crippen LogP contribution in [0.5, 0.6) is 0 Å². The molecule has 11 heteroatoms. The van der Waals surface area contributed by atoms with E-state index in [0.29, 0.717) is 5.65 Å². The zero-order chi connectivity index (χ0) is 17.5. The van der Waals surface area contributed by atoms with Gasteiger partial charge in [-0.1, -0.05) is 6.07 Å². The third kappa shape index (κ3) is 2.84. The Bertz CT molecular complexity index is 790. The maximum absolute atomic E-state index is 12.9. The van der Waals surface area contributed by atoms with Crippen LogP contribution in [0.1, 0.15) is 0 Å². The largest absolute Gasteiger partial charge is 0.481 e. The summed E-state index contributed by atoms with van der Waals surface area (Å²) in [5.41, 5.74) is 0.450. The molecule has 2 aromatic heterocycles. The topological polar surface area (TPSA) is 99.8 Å². The molecule has 128 valence electrons. The smallest absolute Gasteiger partial charge is 0.394 e. The van der Waals surface area contributed by atoms with Crippen molar-refractivity contribution in [2.24, 2.45) is 11.8 Å². The first-order valence-corrected chi connectivity index (χ1v) is 6.92. The SMILES string of the molecule is O=C(O)[C@@H]1CN(C(=O)Nc2nnc3ccccn23)C[C@H]1C(F)(F)F. The molecular weight excluding hydrogens is 331 g/mol. The second-order valence-electron chi connectivity index (χ2n) is 5.38. The summed E-state index contributed by atoms with van der Waals surface area (Å²) < 4.78 is 40.3. The molecule has 1 aliphatic heterocycles. The van der Waals surface area contributed by atoms with Gasteiger partial charge in [0.2, 0.25) is 5.95 Å². The molecule has 0 unspecified atom stereocenters. The first-order valence-electron chi connectivity index (χ1n) is 6.92. The number of anilines is 1. The van der Waals surface area contributed by atoms with E-state index in [0.717, 1.165) is 4.90 Å². The van der Waals surface area contributed by atoms with E-state index in [1.54, 1.807) is 24.4 Å². The third-order valence-corrected chi connectivity index (χ3v) is 3.88. The zero-order valence-electron chi connectivity index (χ0n) is 12.1. The molecule has 2 aromatic rings. The third-order valence-electron chi connectivity index (χ3n) is 3.88. The van der Waals surface area contributed by atoms with Crippen molar-refractivity contribution in [3.8, 4) is 0 Å². The van der Waals surface area contributed by atoms with Crippen LogP contribution in [0.4, 0.5) is 23.9 Å². The molecule has 0 spiro atoms. The number of urea groups is 1. The number of amides is 2. The molecule has 2 N–H and O–H groups in total. The van der Waals surface area contributed by atoms with E-state index in [1.165, 1.54) is 4.40 Å². The van der Waals surface area contributed by atoms with Gasteiger partial charge in [0.05, 0.1) is 11.8 Å². The van der Waals surface area contributed by atoms with Crippen LogP contribution in [0, 0.1) is 11.8 Å². The molecular formula is C13H12F3N5O3. The van der Waals surface area contributed by atoms with Gasteiger partial charge in [-0.15, -0.1) is 10.2 Å². The van der Waals surface area contributed by atoms with E-state index < -0.39 is 43.1 Å². The van der Waals surface area contributed by atoms with Crippen LogP contribution in [-0.2, 0) is 4.79 Å². The van der Waals surface area contributed by atoms with E-state index in [2.05, 4.69) is 15.5 Å². The lowest BCUT2D eigenvalue weighted by Gasteiger charge is -2.18. The van der Waals surface area contributed by atoms with Crippen molar-refractivity contribution in [2.75, 3.05) is 18.4 Å². The summed E-state index contributed by atoms with van der Waals surface area (Å²) in [6, 6.07) is 4.16. The Morgan fingerprint density at radius 3 is 2.62 bits per heavy atom. The van der Waals surface area contributed by atoms with Crippen molar-refractivity contribution in [2.45, 2.75) is 6.18 Å². The number of alkyl halides is 3. The zero-order valence-corrected chi connectivity index (χ0v) is 12.1. The lowest BCUT2D eigenvalue weighted by atomic mass is 9.96. The van der Waals surface area contributed by atoms with E-state index in [-0.39, 0.29) is 5.95 Å². The van der Waals surface area contributed by atoms with Crippen molar-refractivity contribution in [3.63, 3.8) is 0 Å². The van der Waals surface area contributed by atoms with Crippen LogP contribution < -0.4 is 5.32 Å². The number of likely N-dealkylation sites (tertiary alicyclic amines) is 1. The molecule has 2 amide bonds. The number of nitrogens with zero attached hydrogens (tertiary/aromatic N) is 4. The second-order valence-corrected chi connectivity index (χ2v) is 5.38. The Morgan fingerprint density at radius 1 is 1.25 bits per heavy atom. The van der Waals surface area contributed by atoms with Crippen LogP contribution in [0.2, 0.25) is 0 Å². The van der Waals surface area contributed by atoms with Crippen LogP contribution in [-0.4, -0.2) is 55.9 Å². The minimum atomic E-state index is -4.69. The molecule has 0 saturated carbocycles. The lowest BCUT2D eigenvalue weighted by Crippen LogP contribution is -2.35. The molecule has 1 fully saturated rings. The van der Waals surface area contributed by atoms with E-state index >= 15 is 0 Å². The fourth-order valence-electron chi connectivity index (χ4n) is 2.65. The highest BCUT2D eigenvalue weighted by molar-refractivity contribution is 5.88. The van der Waals surface area contributed by atoms with Gasteiger partial charge in [-0.25, -0.2) is 4.79 Å². The van der Waals surface area contributed by atoms with Crippen LogP contribution in [0.3, 0.4) is 0 Å². The molecule has 1 aliphatic rings. The number of pyridine rings is 1. The van der Waals surface area contributed by atoms with Gasteiger partial charge in [0.25, 0.3) is 0 Å². The van der Waals surface area contributed by atoms with Crippen molar-refractivity contribution < 1.29 is 27.9 Å². The Kier molecular flexibility index (Phi) is 3.78. The number of aromatic nitrogens is 3. The number of fused-ring (bicyclic) bond motifs is 1. The second kappa shape index (κ2) is 5.65. The lowest BCUT2D eigenvalue weighted by molar-refractivity contribution is -0.187. The first-order chi connectivity index (χ1) is 11.3. The average Bonchev–Trinajstić information content (AvgIpc) is 3.11. The van der Waals surface area contributed by atoms with E-state index in [9.17, 15) is 22.8 Å². The number of halogens is 3. The van der Waals surface area contributed by atoms with Gasteiger partial charge in [-0.3, -0.25) is 14.5 Å². The Hall–Kier alpha value is -2.85. The van der Waals surface area contributed by atoms with Gasteiger partial charge in [0.1, 0.15) is 0 Å². The van der Waals surface area contributed by atoms with Crippen LogP contribution in [0.25, 0.3) is 5.65 Å². The summed E-state index contributed by atoms with van der Waals surface area (Å²) in [5, 5.41) is 18.9. The van der Waals surface area contributed by atoms with Gasteiger partial charge < -0.3 is 10.0 Å². The molecule has 1 saturated heterocycles. The molecule has 0 aliphatic carbocycles. The van der Waals surface area contributed by atoms with Gasteiger partial charge in [-0.2, -0.15) is 13.2 Å². The number of rotatable bonds is 2. The minimum Gasteiger partial charge on any atom is -0.481 e. The molecule has 0 aromatic carbocycles. The fourth-order valence-corrected chi connectivity index (χ4v) is 2.65. The quantitative estimate of drug-likeness (QED) is 0.860. The summed E-state index contributed by atoms with van der Waals surface area (Å²) in [6.07, 6.45) is -3.12. The van der Waals surface area contributed by atoms with Gasteiger partial charge in [0.15, 0.2) is 5.65 Å². The summed E-state index contributed by atoms with van der Waals surface area (Å²) in [4.78, 5) is 24.0. The van der Waals surface area contributed by atoms with Crippen molar-refractivity contribution in [1.82, 2.24) is 19.5 Å². The van der Waals surface area contributed by atoms with Crippen LogP contribution >= 0.6 is 0 Å². The number of hydrogen-bond donors (Lipinski definition) is 2. The number of carboxylic acid groups (broad SMARTS) is 1. The molecule has 3 rings (SSSR count). The fraction of sp³-hybridized carbons (Fsp3) is 0.385. The van der Waals surface area contributed by atoms with E-state index in [1.807, 2.05) is 0 Å². The summed E-state index contributed by atoms with van der Waals surface area (Å²) in [7, 11) is 0. The van der Waals surface area contributed by atoms with Gasteiger partial charge in [0, 0.05) is 19.3 Å². The van der Waals surface area contributed by atoms with E-state index in [4.69, 9.17) is 5.11 Å². The van der Waals surface area contributed by atoms with Gasteiger partial charge >= 0.3 is 18.2 Å². The number of aliphatic carboxylic acids is 1. The Labute approximate surface area is 132 Å². The van der Waals surface area contributed by atoms with Crippen molar-refractivity contribution >= 4 is 23.6 Å². The number of carbonyl (C=O) groups excluding carboxylic acids is 1. The monoisotopic (exact) mass is 343 g/mol. The molecule has 3 heterocycles. The maximum atomic E-state index is 12.9. The predicted molar refractivity (Wildman–Crippen MR) is 74.2 cm³/mol. The highest BCUT2D eigenvalue weighted by atomic mass is 19.4. The first kappa shape index (κ1) is 16.0. The number of hydrogen-bond acceptors (Lipinski definition) is 4. The van der Waals surface area contributed by atoms with Crippen molar-refractivity contribution in [3.05, 3.63) is 24.4 Å². The molecule has 2 atom stereocenters. The predicted octanol–water partition coefficient (Wildman–Crippen LogP) is 1.46. The normalized spacial score (nSPS) is 21.2. The number of nitrogens with one attached hydrogen (secondary N) is 1. The Balaban J connectivity index is 1.77. The van der Waals surface area contributed by atoms with Crippen molar-refractivity contribution in [1.29, 1.82) is 0 Å². The highest BCUT2D eigenvalue weighted by Gasteiger charge is 2.53. The molecule has 24 heavy (non-hydrogen) atoms. The van der Waals surface area contributed by atoms with Crippen LogP contribution in [0.15, 0.2) is 24.4 Å². The summed E-state index contributed by atoms with van der Waals surface area (Å²) in [6.45, 7) is -1.24. The highest BCUT2D eigenvalue weighted by Crippen LogP contribution is 2.37. The molecule has 8 nitrogen and oxygen atoms in total. The molecule has 0 radical (unpaired) electrons. The summed E-state index contributed by atoms with van der Waals surface area (Å²) >= 11 is 0.